The number of ether oxygens (including phenoxy) is 1. The smallest absolute Gasteiger partial charge is 0.416 e. The Morgan fingerprint density at radius 2 is 1.91 bits per heavy atom. The first-order valence-corrected chi connectivity index (χ1v) is 6.83. The molecule has 0 spiro atoms. The lowest BCUT2D eigenvalue weighted by Gasteiger charge is -2.15. The van der Waals surface area contributed by atoms with Crippen molar-refractivity contribution in [1.82, 2.24) is 4.57 Å². The number of carbonyl (C=O) groups excluding carboxylic acids is 1. The fourth-order valence-electron chi connectivity index (χ4n) is 2.08. The fourth-order valence-corrected chi connectivity index (χ4v) is 2.31. The van der Waals surface area contributed by atoms with Gasteiger partial charge in [-0.25, -0.2) is 4.79 Å². The van der Waals surface area contributed by atoms with Gasteiger partial charge in [0.2, 0.25) is 0 Å². The Hall–Kier alpha value is -2.22. The van der Waals surface area contributed by atoms with Crippen molar-refractivity contribution < 1.29 is 22.7 Å². The van der Waals surface area contributed by atoms with E-state index in [1.165, 1.54) is 25.1 Å². The summed E-state index contributed by atoms with van der Waals surface area (Å²) in [4.78, 5) is 24.4. The van der Waals surface area contributed by atoms with Crippen LogP contribution in [0.25, 0.3) is 5.69 Å². The zero-order chi connectivity index (χ0) is 17.4. The Balaban J connectivity index is 2.76. The van der Waals surface area contributed by atoms with E-state index < -0.39 is 23.3 Å². The van der Waals surface area contributed by atoms with Crippen molar-refractivity contribution in [1.29, 1.82) is 0 Å². The molecule has 4 nitrogen and oxygen atoms in total. The van der Waals surface area contributed by atoms with Crippen LogP contribution >= 0.6 is 12.6 Å². The van der Waals surface area contributed by atoms with Gasteiger partial charge in [-0.2, -0.15) is 13.2 Å². The predicted molar refractivity (Wildman–Crippen MR) is 80.4 cm³/mol. The van der Waals surface area contributed by atoms with E-state index in [0.717, 1.165) is 23.8 Å². The summed E-state index contributed by atoms with van der Waals surface area (Å²) in [6.45, 7) is 1.52. The maximum Gasteiger partial charge on any atom is 0.416 e. The normalized spacial score (nSPS) is 11.4. The minimum absolute atomic E-state index is 0.0108. The second kappa shape index (κ2) is 6.11. The van der Waals surface area contributed by atoms with Gasteiger partial charge in [-0.15, -0.1) is 12.6 Å². The molecule has 0 aliphatic heterocycles. The van der Waals surface area contributed by atoms with Gasteiger partial charge in [0, 0.05) is 16.3 Å². The van der Waals surface area contributed by atoms with Crippen molar-refractivity contribution in [3.8, 4) is 5.69 Å². The third-order valence-corrected chi connectivity index (χ3v) is 3.71. The summed E-state index contributed by atoms with van der Waals surface area (Å²) >= 11 is 4.16. The van der Waals surface area contributed by atoms with Gasteiger partial charge in [-0.1, -0.05) is 6.07 Å². The Morgan fingerprint density at radius 3 is 2.48 bits per heavy atom. The molecule has 0 bridgehead atoms. The zero-order valence-corrected chi connectivity index (χ0v) is 13.0. The second-order valence-corrected chi connectivity index (χ2v) is 5.19. The van der Waals surface area contributed by atoms with Crippen LogP contribution in [0.1, 0.15) is 21.6 Å². The molecule has 0 unspecified atom stereocenters. The molecule has 23 heavy (non-hydrogen) atoms. The van der Waals surface area contributed by atoms with Gasteiger partial charge in [0.15, 0.2) is 0 Å². The van der Waals surface area contributed by atoms with E-state index in [2.05, 4.69) is 17.4 Å². The average Bonchev–Trinajstić information content (AvgIpc) is 2.50. The fraction of sp³-hybridized carbons (Fsp3) is 0.200. The number of nitrogens with zero attached hydrogens (tertiary/aromatic N) is 1. The molecule has 1 aromatic heterocycles. The van der Waals surface area contributed by atoms with Gasteiger partial charge in [-0.05, 0) is 31.2 Å². The quantitative estimate of drug-likeness (QED) is 0.673. The molecule has 1 heterocycles. The van der Waals surface area contributed by atoms with Crippen LogP contribution in [0.4, 0.5) is 13.2 Å². The molecule has 0 aliphatic carbocycles. The SMILES string of the molecule is COC(=O)c1cc(S)c(C)n(-c2cccc(C(F)(F)F)c2)c1=O. The number of esters is 1. The molecular weight excluding hydrogens is 331 g/mol. The van der Waals surface area contributed by atoms with Crippen molar-refractivity contribution in [2.75, 3.05) is 7.11 Å². The highest BCUT2D eigenvalue weighted by molar-refractivity contribution is 7.80. The summed E-state index contributed by atoms with van der Waals surface area (Å²) in [6, 6.07) is 5.50. The van der Waals surface area contributed by atoms with Crippen LogP contribution in [0.3, 0.4) is 0 Å². The molecule has 0 radical (unpaired) electrons. The molecule has 2 rings (SSSR count). The van der Waals surface area contributed by atoms with Crippen LogP contribution < -0.4 is 5.56 Å². The van der Waals surface area contributed by atoms with Gasteiger partial charge in [0.05, 0.1) is 12.7 Å². The van der Waals surface area contributed by atoms with Crippen molar-refractivity contribution in [2.45, 2.75) is 18.0 Å². The number of hydrogen-bond donors (Lipinski definition) is 1. The Kier molecular flexibility index (Phi) is 4.56. The molecule has 122 valence electrons. The second-order valence-electron chi connectivity index (χ2n) is 4.71. The van der Waals surface area contributed by atoms with Crippen molar-refractivity contribution in [2.24, 2.45) is 0 Å². The molecule has 1 aromatic carbocycles. The third-order valence-electron chi connectivity index (χ3n) is 3.26. The van der Waals surface area contributed by atoms with E-state index >= 15 is 0 Å². The van der Waals surface area contributed by atoms with E-state index in [0.29, 0.717) is 5.69 Å². The molecule has 0 saturated carbocycles. The highest BCUT2D eigenvalue weighted by Crippen LogP contribution is 2.30. The van der Waals surface area contributed by atoms with Crippen LogP contribution in [0.2, 0.25) is 0 Å². The Morgan fingerprint density at radius 1 is 1.26 bits per heavy atom. The van der Waals surface area contributed by atoms with Crippen molar-refractivity contribution in [3.05, 3.63) is 57.5 Å². The summed E-state index contributed by atoms with van der Waals surface area (Å²) in [6.07, 6.45) is -4.54. The van der Waals surface area contributed by atoms with Crippen LogP contribution in [-0.4, -0.2) is 17.6 Å². The number of rotatable bonds is 2. The third kappa shape index (κ3) is 3.26. The molecule has 0 atom stereocenters. The number of methoxy groups -OCH3 is 1. The van der Waals surface area contributed by atoms with Gasteiger partial charge < -0.3 is 4.74 Å². The monoisotopic (exact) mass is 343 g/mol. The van der Waals surface area contributed by atoms with Crippen molar-refractivity contribution in [3.63, 3.8) is 0 Å². The lowest BCUT2D eigenvalue weighted by Crippen LogP contribution is -2.28. The van der Waals surface area contributed by atoms with Gasteiger partial charge in [-0.3, -0.25) is 9.36 Å². The molecule has 2 aromatic rings. The molecule has 0 fully saturated rings. The molecule has 0 N–H and O–H groups in total. The summed E-state index contributed by atoms with van der Waals surface area (Å²) in [5, 5.41) is 0. The number of halogens is 3. The highest BCUT2D eigenvalue weighted by Gasteiger charge is 2.31. The van der Waals surface area contributed by atoms with E-state index in [9.17, 15) is 22.8 Å². The van der Waals surface area contributed by atoms with Gasteiger partial charge >= 0.3 is 12.1 Å². The van der Waals surface area contributed by atoms with Crippen LogP contribution in [0, 0.1) is 6.92 Å². The topological polar surface area (TPSA) is 48.3 Å². The van der Waals surface area contributed by atoms with Crippen LogP contribution in [-0.2, 0) is 10.9 Å². The average molecular weight is 343 g/mol. The molecule has 0 amide bonds. The lowest BCUT2D eigenvalue weighted by atomic mass is 10.1. The minimum Gasteiger partial charge on any atom is -0.465 e. The Bertz CT molecular complexity index is 828. The lowest BCUT2D eigenvalue weighted by molar-refractivity contribution is -0.137. The maximum atomic E-state index is 12.8. The number of pyridine rings is 1. The van der Waals surface area contributed by atoms with Crippen LogP contribution in [0.5, 0.6) is 0 Å². The summed E-state index contributed by atoms with van der Waals surface area (Å²) < 4.78 is 44.1. The molecule has 8 heteroatoms. The number of carbonyl (C=O) groups is 1. The van der Waals surface area contributed by atoms with Gasteiger partial charge in [0.1, 0.15) is 5.56 Å². The number of alkyl halides is 3. The van der Waals surface area contributed by atoms with E-state index in [4.69, 9.17) is 0 Å². The molecule has 0 saturated heterocycles. The summed E-state index contributed by atoms with van der Waals surface area (Å²) in [5.41, 5.74) is -1.67. The minimum atomic E-state index is -4.54. The zero-order valence-electron chi connectivity index (χ0n) is 12.1. The first-order chi connectivity index (χ1) is 10.7. The van der Waals surface area contributed by atoms with E-state index in [1.807, 2.05) is 0 Å². The van der Waals surface area contributed by atoms with Crippen LogP contribution in [0.15, 0.2) is 40.0 Å². The largest absolute Gasteiger partial charge is 0.465 e. The van der Waals surface area contributed by atoms with E-state index in [1.54, 1.807) is 0 Å². The number of aromatic nitrogens is 1. The Labute approximate surface area is 134 Å². The molecule has 0 aliphatic rings. The van der Waals surface area contributed by atoms with Gasteiger partial charge in [0.25, 0.3) is 5.56 Å². The summed E-state index contributed by atoms with van der Waals surface area (Å²) in [5.74, 6) is -0.883. The standard InChI is InChI=1S/C15H12F3NO3S/c1-8-12(23)7-11(14(21)22-2)13(20)19(8)10-5-3-4-9(6-10)15(16,17)18/h3-7,23H,1-2H3. The number of hydrogen-bond acceptors (Lipinski definition) is 4. The number of benzene rings is 1. The predicted octanol–water partition coefficient (Wildman–Crippen LogP) is 3.24. The first-order valence-electron chi connectivity index (χ1n) is 6.38. The maximum absolute atomic E-state index is 12.8. The number of thiol groups is 1. The first kappa shape index (κ1) is 17.1. The highest BCUT2D eigenvalue weighted by atomic mass is 32.1. The summed E-state index contributed by atoms with van der Waals surface area (Å²) in [7, 11) is 1.11. The van der Waals surface area contributed by atoms with E-state index in [-0.39, 0.29) is 16.1 Å². The van der Waals surface area contributed by atoms with Crippen molar-refractivity contribution >= 4 is 18.6 Å². The molecular formula is C15H12F3NO3S.